The zero-order chi connectivity index (χ0) is 21.4. The first-order valence-corrected chi connectivity index (χ1v) is 11.1. The topological polar surface area (TPSA) is 46.9 Å². The highest BCUT2D eigenvalue weighted by molar-refractivity contribution is 6.12. The van der Waals surface area contributed by atoms with Gasteiger partial charge in [-0.05, 0) is 55.8 Å². The second kappa shape index (κ2) is 8.27. The molecule has 6 heteroatoms. The number of amides is 1. The van der Waals surface area contributed by atoms with Crippen LogP contribution in [0.15, 0.2) is 42.6 Å². The third-order valence-electron chi connectivity index (χ3n) is 6.49. The lowest BCUT2D eigenvalue weighted by Gasteiger charge is -2.26. The Morgan fingerprint density at radius 2 is 1.87 bits per heavy atom. The molecular formula is C25H29N3O3. The van der Waals surface area contributed by atoms with Crippen molar-refractivity contribution >= 4 is 11.6 Å². The van der Waals surface area contributed by atoms with Crippen LogP contribution in [0.5, 0.6) is 11.5 Å². The van der Waals surface area contributed by atoms with Crippen LogP contribution in [0.3, 0.4) is 0 Å². The number of pyridine rings is 1. The van der Waals surface area contributed by atoms with Gasteiger partial charge >= 0.3 is 0 Å². The van der Waals surface area contributed by atoms with Gasteiger partial charge in [0.15, 0.2) is 11.5 Å². The molecule has 0 bridgehead atoms. The highest BCUT2D eigenvalue weighted by atomic mass is 16.5. The van der Waals surface area contributed by atoms with Crippen molar-refractivity contribution in [2.45, 2.75) is 25.8 Å². The summed E-state index contributed by atoms with van der Waals surface area (Å²) in [6.07, 6.45) is 5.89. The Kier molecular flexibility index (Phi) is 5.32. The Morgan fingerprint density at radius 3 is 2.68 bits per heavy atom. The van der Waals surface area contributed by atoms with Gasteiger partial charge in [-0.3, -0.25) is 9.69 Å². The SMILES string of the molecule is COc1ccc(N2Cc3c(cc4cccn(C)c3-4)C2=O)cc1OCCN1CCCCC1. The molecule has 162 valence electrons. The molecule has 3 heterocycles. The maximum absolute atomic E-state index is 13.2. The summed E-state index contributed by atoms with van der Waals surface area (Å²) in [6, 6.07) is 11.8. The van der Waals surface area contributed by atoms with E-state index in [4.69, 9.17) is 9.47 Å². The number of piperidine rings is 1. The van der Waals surface area contributed by atoms with Crippen LogP contribution in [-0.2, 0) is 13.6 Å². The number of carbonyl (C=O) groups excluding carboxylic acids is 1. The maximum Gasteiger partial charge on any atom is 0.259 e. The molecule has 0 saturated carbocycles. The van der Waals surface area contributed by atoms with E-state index in [0.717, 1.165) is 47.7 Å². The van der Waals surface area contributed by atoms with E-state index in [1.54, 1.807) is 7.11 Å². The van der Waals surface area contributed by atoms with Gasteiger partial charge in [0.1, 0.15) is 6.61 Å². The molecule has 0 spiro atoms. The molecule has 4 aliphatic rings. The number of likely N-dealkylation sites (tertiary alicyclic amines) is 1. The van der Waals surface area contributed by atoms with Crippen molar-refractivity contribution in [1.82, 2.24) is 9.47 Å². The number of ether oxygens (including phenoxy) is 2. The first-order chi connectivity index (χ1) is 15.2. The highest BCUT2D eigenvalue weighted by Crippen LogP contribution is 2.40. The number of fused-ring (bicyclic) bond motifs is 3. The second-order valence-electron chi connectivity index (χ2n) is 8.44. The molecule has 0 atom stereocenters. The van der Waals surface area contributed by atoms with E-state index in [-0.39, 0.29) is 5.91 Å². The van der Waals surface area contributed by atoms with Crippen molar-refractivity contribution < 1.29 is 14.3 Å². The molecule has 3 aliphatic heterocycles. The molecule has 5 rings (SSSR count). The summed E-state index contributed by atoms with van der Waals surface area (Å²) in [6.45, 7) is 4.38. The van der Waals surface area contributed by atoms with E-state index in [9.17, 15) is 4.79 Å². The molecule has 0 radical (unpaired) electrons. The fraction of sp³-hybridized carbons (Fsp3) is 0.400. The molecule has 1 fully saturated rings. The number of aromatic nitrogens is 1. The molecular weight excluding hydrogens is 390 g/mol. The van der Waals surface area contributed by atoms with Crippen molar-refractivity contribution in [3.8, 4) is 22.8 Å². The zero-order valence-electron chi connectivity index (χ0n) is 18.3. The van der Waals surface area contributed by atoms with E-state index in [1.807, 2.05) is 48.5 Å². The van der Waals surface area contributed by atoms with Gasteiger partial charge in [-0.15, -0.1) is 0 Å². The molecule has 1 aromatic carbocycles. The first-order valence-electron chi connectivity index (χ1n) is 11.1. The monoisotopic (exact) mass is 419 g/mol. The second-order valence-corrected chi connectivity index (χ2v) is 8.44. The summed E-state index contributed by atoms with van der Waals surface area (Å²) < 4.78 is 13.7. The van der Waals surface area contributed by atoms with E-state index in [0.29, 0.717) is 24.7 Å². The van der Waals surface area contributed by atoms with E-state index in [2.05, 4.69) is 15.5 Å². The predicted molar refractivity (Wildman–Crippen MR) is 121 cm³/mol. The maximum atomic E-state index is 13.2. The summed E-state index contributed by atoms with van der Waals surface area (Å²) in [4.78, 5) is 17.5. The Hall–Kier alpha value is -2.99. The first kappa shape index (κ1) is 19.9. The third kappa shape index (κ3) is 3.65. The number of carbonyl (C=O) groups is 1. The predicted octanol–water partition coefficient (Wildman–Crippen LogP) is 4.16. The molecule has 1 aromatic rings. The molecule has 1 amide bonds. The van der Waals surface area contributed by atoms with Gasteiger partial charge in [0, 0.05) is 42.7 Å². The van der Waals surface area contributed by atoms with Gasteiger partial charge < -0.3 is 18.9 Å². The summed E-state index contributed by atoms with van der Waals surface area (Å²) in [7, 11) is 3.67. The van der Waals surface area contributed by atoms with Gasteiger partial charge in [-0.2, -0.15) is 0 Å². The average Bonchev–Trinajstić information content (AvgIpc) is 3.31. The van der Waals surface area contributed by atoms with Crippen molar-refractivity contribution in [1.29, 1.82) is 0 Å². The smallest absolute Gasteiger partial charge is 0.259 e. The summed E-state index contributed by atoms with van der Waals surface area (Å²) in [5.41, 5.74) is 4.95. The molecule has 0 unspecified atom stereocenters. The van der Waals surface area contributed by atoms with Gasteiger partial charge in [0.05, 0.1) is 19.3 Å². The van der Waals surface area contributed by atoms with Crippen LogP contribution >= 0.6 is 0 Å². The number of hydrogen-bond donors (Lipinski definition) is 0. The van der Waals surface area contributed by atoms with Gasteiger partial charge in [-0.1, -0.05) is 12.5 Å². The molecule has 0 N–H and O–H groups in total. The number of nitrogens with zero attached hydrogens (tertiary/aromatic N) is 3. The van der Waals surface area contributed by atoms with Crippen molar-refractivity contribution in [3.05, 3.63) is 53.7 Å². The summed E-state index contributed by atoms with van der Waals surface area (Å²) >= 11 is 0. The number of anilines is 1. The zero-order valence-corrected chi connectivity index (χ0v) is 18.3. The minimum atomic E-state index is 0.0376. The molecule has 6 nitrogen and oxygen atoms in total. The van der Waals surface area contributed by atoms with E-state index in [1.165, 1.54) is 19.3 Å². The minimum absolute atomic E-state index is 0.0376. The van der Waals surface area contributed by atoms with E-state index < -0.39 is 0 Å². The molecule has 1 aliphatic carbocycles. The van der Waals surface area contributed by atoms with Crippen molar-refractivity contribution in [3.63, 3.8) is 0 Å². The number of rotatable bonds is 6. The number of aryl methyl sites for hydroxylation is 1. The fourth-order valence-electron chi connectivity index (χ4n) is 4.86. The minimum Gasteiger partial charge on any atom is -0.493 e. The number of hydrogen-bond acceptors (Lipinski definition) is 4. The van der Waals surface area contributed by atoms with Crippen molar-refractivity contribution in [2.75, 3.05) is 38.3 Å². The molecule has 1 saturated heterocycles. The molecule has 31 heavy (non-hydrogen) atoms. The Balaban J connectivity index is 1.36. The Morgan fingerprint density at radius 1 is 1.03 bits per heavy atom. The van der Waals surface area contributed by atoms with Gasteiger partial charge in [-0.25, -0.2) is 0 Å². The van der Waals surface area contributed by atoms with Crippen LogP contribution < -0.4 is 14.4 Å². The highest BCUT2D eigenvalue weighted by Gasteiger charge is 2.34. The quantitative estimate of drug-likeness (QED) is 0.602. The summed E-state index contributed by atoms with van der Waals surface area (Å²) in [5.74, 6) is 1.42. The number of methoxy groups -OCH3 is 1. The van der Waals surface area contributed by atoms with Crippen LogP contribution in [0.2, 0.25) is 0 Å². The van der Waals surface area contributed by atoms with Crippen LogP contribution in [-0.4, -0.2) is 48.7 Å². The lowest BCUT2D eigenvalue weighted by atomic mass is 10.1. The molecule has 0 aromatic heterocycles. The Bertz CT molecular complexity index is 1070. The van der Waals surface area contributed by atoms with Crippen LogP contribution in [0.25, 0.3) is 11.3 Å². The van der Waals surface area contributed by atoms with Crippen LogP contribution in [0.1, 0.15) is 35.2 Å². The lowest BCUT2D eigenvalue weighted by Crippen LogP contribution is -2.33. The third-order valence-corrected chi connectivity index (χ3v) is 6.49. The lowest BCUT2D eigenvalue weighted by molar-refractivity contribution is 0.0996. The van der Waals surface area contributed by atoms with Gasteiger partial charge in [0.2, 0.25) is 0 Å². The largest absolute Gasteiger partial charge is 0.493 e. The van der Waals surface area contributed by atoms with Crippen molar-refractivity contribution in [2.24, 2.45) is 7.05 Å². The van der Waals surface area contributed by atoms with Gasteiger partial charge in [0.25, 0.3) is 5.91 Å². The van der Waals surface area contributed by atoms with Crippen LogP contribution in [0.4, 0.5) is 5.69 Å². The normalized spacial score (nSPS) is 16.7. The fourth-order valence-corrected chi connectivity index (χ4v) is 4.86. The average molecular weight is 420 g/mol. The Labute approximate surface area is 183 Å². The standard InChI is InChI=1S/C25H29N3O3/c1-26-10-6-7-18-15-20-21(24(18)26)17-28(25(20)29)19-8-9-22(30-2)23(16-19)31-14-13-27-11-4-3-5-12-27/h6-10,15-16H,3-5,11-14,17H2,1-2H3. The number of benzene rings is 1. The van der Waals surface area contributed by atoms with Crippen LogP contribution in [0, 0.1) is 0 Å². The summed E-state index contributed by atoms with van der Waals surface area (Å²) in [5, 5.41) is 0. The van der Waals surface area contributed by atoms with E-state index >= 15 is 0 Å².